The molecule has 2 nitrogen and oxygen atoms in total. The summed E-state index contributed by atoms with van der Waals surface area (Å²) in [5, 5.41) is 0. The van der Waals surface area contributed by atoms with Crippen LogP contribution in [0.25, 0.3) is 0 Å². The fraction of sp³-hybridized carbons (Fsp3) is 0.391. The normalized spacial score (nSPS) is 14.7. The number of ketones is 2. The van der Waals surface area contributed by atoms with Crippen molar-refractivity contribution in [1.29, 1.82) is 0 Å². The van der Waals surface area contributed by atoms with Gasteiger partial charge < -0.3 is 0 Å². The number of carbonyl (C=O) groups is 2. The first-order valence-corrected chi connectivity index (χ1v) is 8.91. The molecule has 1 aliphatic carbocycles. The molecule has 2 rings (SSSR count). The van der Waals surface area contributed by atoms with Gasteiger partial charge in [0.25, 0.3) is 0 Å². The number of hydrogen-bond acceptors (Lipinski definition) is 2. The minimum atomic E-state index is -0.0108. The zero-order valence-corrected chi connectivity index (χ0v) is 16.2. The third kappa shape index (κ3) is 4.25. The minimum Gasteiger partial charge on any atom is -0.289 e. The van der Waals surface area contributed by atoms with Gasteiger partial charge in [-0.15, -0.1) is 0 Å². The molecule has 2 heteroatoms. The summed E-state index contributed by atoms with van der Waals surface area (Å²) < 4.78 is 0. The second-order valence-corrected chi connectivity index (χ2v) is 7.32. The van der Waals surface area contributed by atoms with Crippen LogP contribution in [0.2, 0.25) is 0 Å². The van der Waals surface area contributed by atoms with Crippen LogP contribution in [-0.4, -0.2) is 11.6 Å². The summed E-state index contributed by atoms with van der Waals surface area (Å²) in [6, 6.07) is 3.72. The maximum atomic E-state index is 12.9. The number of fused-ring (bicyclic) bond motifs is 1. The number of aryl methyl sites for hydroxylation is 2. The van der Waals surface area contributed by atoms with Gasteiger partial charge in [-0.3, -0.25) is 9.59 Å². The highest BCUT2D eigenvalue weighted by Gasteiger charge is 2.29. The van der Waals surface area contributed by atoms with E-state index in [1.807, 2.05) is 26.0 Å². The second kappa shape index (κ2) is 7.77. The molecule has 25 heavy (non-hydrogen) atoms. The van der Waals surface area contributed by atoms with E-state index >= 15 is 0 Å². The average Bonchev–Trinajstić information content (AvgIpc) is 2.54. The smallest absolute Gasteiger partial charge is 0.190 e. The van der Waals surface area contributed by atoms with E-state index < -0.39 is 0 Å². The topological polar surface area (TPSA) is 34.1 Å². The molecule has 0 saturated heterocycles. The van der Waals surface area contributed by atoms with Gasteiger partial charge in [0.1, 0.15) is 0 Å². The van der Waals surface area contributed by atoms with Gasteiger partial charge in [-0.05, 0) is 84.1 Å². The van der Waals surface area contributed by atoms with E-state index in [1.165, 1.54) is 11.1 Å². The van der Waals surface area contributed by atoms with Gasteiger partial charge in [-0.25, -0.2) is 0 Å². The minimum absolute atomic E-state index is 0.00329. The van der Waals surface area contributed by atoms with Crippen LogP contribution in [0.3, 0.4) is 0 Å². The summed E-state index contributed by atoms with van der Waals surface area (Å²) in [6.45, 7) is 12.0. The molecule has 0 aromatic heterocycles. The van der Waals surface area contributed by atoms with Crippen LogP contribution in [-0.2, 0) is 0 Å². The molecule has 0 unspecified atom stereocenters. The van der Waals surface area contributed by atoms with Gasteiger partial charge in [-0.2, -0.15) is 0 Å². The Kier molecular flexibility index (Phi) is 5.94. The summed E-state index contributed by atoms with van der Waals surface area (Å²) in [5.74, 6) is -0.00755. The summed E-state index contributed by atoms with van der Waals surface area (Å²) in [7, 11) is 0. The number of hydrogen-bond donors (Lipinski definition) is 0. The van der Waals surface area contributed by atoms with Crippen molar-refractivity contribution in [2.45, 2.75) is 60.8 Å². The van der Waals surface area contributed by atoms with E-state index in [0.717, 1.165) is 24.0 Å². The predicted octanol–water partition coefficient (Wildman–Crippen LogP) is 6.08. The Morgan fingerprint density at radius 1 is 0.880 bits per heavy atom. The molecule has 0 saturated carbocycles. The van der Waals surface area contributed by atoms with Crippen molar-refractivity contribution in [3.8, 4) is 0 Å². The first-order valence-electron chi connectivity index (χ1n) is 8.91. The van der Waals surface area contributed by atoms with Gasteiger partial charge in [0.05, 0.1) is 0 Å². The van der Waals surface area contributed by atoms with Crippen LogP contribution >= 0.6 is 0 Å². The highest BCUT2D eigenvalue weighted by Crippen LogP contribution is 2.30. The third-order valence-electron chi connectivity index (χ3n) is 4.94. The first kappa shape index (κ1) is 19.1. The molecular formula is C23H28O2. The monoisotopic (exact) mass is 336 g/mol. The first-order chi connectivity index (χ1) is 11.7. The summed E-state index contributed by atoms with van der Waals surface area (Å²) in [6.07, 6.45) is 6.84. The van der Waals surface area contributed by atoms with Crippen molar-refractivity contribution in [3.05, 3.63) is 68.8 Å². The lowest BCUT2D eigenvalue weighted by Gasteiger charge is -2.20. The predicted molar refractivity (Wildman–Crippen MR) is 104 cm³/mol. The molecule has 0 N–H and O–H groups in total. The maximum absolute atomic E-state index is 12.9. The Labute approximate surface area is 151 Å². The average molecular weight is 336 g/mol. The second-order valence-electron chi connectivity index (χ2n) is 7.32. The Hall–Kier alpha value is -2.22. The van der Waals surface area contributed by atoms with Crippen molar-refractivity contribution in [1.82, 2.24) is 0 Å². The van der Waals surface area contributed by atoms with Gasteiger partial charge in [0.2, 0.25) is 0 Å². The summed E-state index contributed by atoms with van der Waals surface area (Å²) in [4.78, 5) is 25.6. The molecule has 0 heterocycles. The molecule has 0 atom stereocenters. The fourth-order valence-corrected chi connectivity index (χ4v) is 3.08. The lowest BCUT2D eigenvalue weighted by Crippen LogP contribution is -2.21. The summed E-state index contributed by atoms with van der Waals surface area (Å²) >= 11 is 0. The molecule has 0 bridgehead atoms. The molecule has 0 aliphatic heterocycles. The molecule has 1 aliphatic rings. The van der Waals surface area contributed by atoms with Crippen LogP contribution < -0.4 is 0 Å². The zero-order chi connectivity index (χ0) is 18.7. The molecular weight excluding hydrogens is 308 g/mol. The van der Waals surface area contributed by atoms with Crippen molar-refractivity contribution >= 4 is 11.6 Å². The van der Waals surface area contributed by atoms with Gasteiger partial charge >= 0.3 is 0 Å². The molecule has 0 fully saturated rings. The lowest BCUT2D eigenvalue weighted by molar-refractivity contribution is 0.0973. The number of Topliss-reactive ketones (excluding diaryl/α,β-unsaturated/α-hetero) is 2. The van der Waals surface area contributed by atoms with E-state index in [1.54, 1.807) is 6.92 Å². The SMILES string of the molecule is CC(C)=CCCC(C)=CCC1=C(C)C(=O)c2cc(C)c(C)cc2C1=O. The highest BCUT2D eigenvalue weighted by atomic mass is 16.1. The van der Waals surface area contributed by atoms with E-state index in [-0.39, 0.29) is 11.6 Å². The van der Waals surface area contributed by atoms with Gasteiger partial charge in [-0.1, -0.05) is 23.3 Å². The number of allylic oxidation sites excluding steroid dienone is 6. The molecule has 1 aromatic carbocycles. The van der Waals surface area contributed by atoms with Crippen molar-refractivity contribution in [2.24, 2.45) is 0 Å². The van der Waals surface area contributed by atoms with Crippen molar-refractivity contribution < 1.29 is 9.59 Å². The lowest BCUT2D eigenvalue weighted by atomic mass is 9.81. The zero-order valence-electron chi connectivity index (χ0n) is 16.2. The van der Waals surface area contributed by atoms with Gasteiger partial charge in [0, 0.05) is 22.3 Å². The van der Waals surface area contributed by atoms with E-state index in [9.17, 15) is 9.59 Å². The van der Waals surface area contributed by atoms with Crippen LogP contribution in [0.15, 0.2) is 46.6 Å². The van der Waals surface area contributed by atoms with E-state index in [4.69, 9.17) is 0 Å². The number of carbonyl (C=O) groups excluding carboxylic acids is 2. The molecule has 0 amide bonds. The van der Waals surface area contributed by atoms with Crippen LogP contribution in [0.5, 0.6) is 0 Å². The largest absolute Gasteiger partial charge is 0.289 e. The van der Waals surface area contributed by atoms with Crippen LogP contribution in [0.4, 0.5) is 0 Å². The fourth-order valence-electron chi connectivity index (χ4n) is 3.08. The van der Waals surface area contributed by atoms with Crippen LogP contribution in [0, 0.1) is 13.8 Å². The van der Waals surface area contributed by atoms with E-state index in [2.05, 4.69) is 32.9 Å². The molecule has 0 radical (unpaired) electrons. The Morgan fingerprint density at radius 2 is 1.44 bits per heavy atom. The standard InChI is InChI=1S/C23H28O2/c1-14(2)8-7-9-15(3)10-11-19-18(6)22(24)20-12-16(4)17(5)13-21(20)23(19)25/h8,10,12-13H,7,9,11H2,1-6H3. The Balaban J connectivity index is 2.25. The van der Waals surface area contributed by atoms with Crippen molar-refractivity contribution in [3.63, 3.8) is 0 Å². The van der Waals surface area contributed by atoms with Gasteiger partial charge in [0.15, 0.2) is 11.6 Å². The third-order valence-corrected chi connectivity index (χ3v) is 4.94. The Morgan fingerprint density at radius 3 is 2.00 bits per heavy atom. The Bertz CT molecular complexity index is 813. The molecule has 1 aromatic rings. The molecule has 0 spiro atoms. The number of rotatable bonds is 5. The quantitative estimate of drug-likeness (QED) is 0.610. The molecule has 132 valence electrons. The van der Waals surface area contributed by atoms with Crippen molar-refractivity contribution in [2.75, 3.05) is 0 Å². The number of benzene rings is 1. The highest BCUT2D eigenvalue weighted by molar-refractivity contribution is 6.26. The summed E-state index contributed by atoms with van der Waals surface area (Å²) in [5.41, 5.74) is 7.02. The van der Waals surface area contributed by atoms with Crippen LogP contribution in [0.1, 0.15) is 78.8 Å². The maximum Gasteiger partial charge on any atom is 0.190 e. The van der Waals surface area contributed by atoms with E-state index in [0.29, 0.717) is 28.7 Å².